The third kappa shape index (κ3) is 3.67. The zero-order valence-electron chi connectivity index (χ0n) is 12.2. The second-order valence-electron chi connectivity index (χ2n) is 5.56. The van der Waals surface area contributed by atoms with Gasteiger partial charge in [-0.1, -0.05) is 6.07 Å². The van der Waals surface area contributed by atoms with Crippen molar-refractivity contribution in [1.82, 2.24) is 5.32 Å². The van der Waals surface area contributed by atoms with E-state index in [0.717, 1.165) is 56.9 Å². The van der Waals surface area contributed by atoms with E-state index >= 15 is 0 Å². The summed E-state index contributed by atoms with van der Waals surface area (Å²) in [6.07, 6.45) is 3.87. The maximum Gasteiger partial charge on any atom is 0.258 e. The molecular formula is C16H22N2O3. The van der Waals surface area contributed by atoms with Gasteiger partial charge >= 0.3 is 0 Å². The maximum absolute atomic E-state index is 12.0. The van der Waals surface area contributed by atoms with Gasteiger partial charge in [-0.05, 0) is 37.8 Å². The summed E-state index contributed by atoms with van der Waals surface area (Å²) < 4.78 is 11.0. The van der Waals surface area contributed by atoms with Gasteiger partial charge in [-0.2, -0.15) is 0 Å². The zero-order chi connectivity index (χ0) is 14.5. The summed E-state index contributed by atoms with van der Waals surface area (Å²) in [4.78, 5) is 12.0. The Kier molecular flexibility index (Phi) is 4.60. The van der Waals surface area contributed by atoms with Crippen molar-refractivity contribution in [2.75, 3.05) is 31.7 Å². The number of carbonyl (C=O) groups is 1. The van der Waals surface area contributed by atoms with Crippen LogP contribution < -0.4 is 15.4 Å². The highest BCUT2D eigenvalue weighted by Gasteiger charge is 2.17. The summed E-state index contributed by atoms with van der Waals surface area (Å²) in [7, 11) is 0. The fourth-order valence-corrected chi connectivity index (χ4v) is 2.87. The van der Waals surface area contributed by atoms with Crippen LogP contribution in [0.1, 0.15) is 24.8 Å². The van der Waals surface area contributed by atoms with Crippen molar-refractivity contribution in [3.63, 3.8) is 0 Å². The van der Waals surface area contributed by atoms with E-state index in [1.807, 2.05) is 12.1 Å². The van der Waals surface area contributed by atoms with Crippen molar-refractivity contribution >= 4 is 11.6 Å². The lowest BCUT2D eigenvalue weighted by Crippen LogP contribution is -2.41. The van der Waals surface area contributed by atoms with Crippen molar-refractivity contribution in [1.29, 1.82) is 0 Å². The molecule has 2 aliphatic rings. The van der Waals surface area contributed by atoms with Crippen molar-refractivity contribution in [2.45, 2.75) is 31.7 Å². The highest BCUT2D eigenvalue weighted by Crippen LogP contribution is 2.30. The Morgan fingerprint density at radius 3 is 3.10 bits per heavy atom. The highest BCUT2D eigenvalue weighted by molar-refractivity contribution is 5.78. The minimum Gasteiger partial charge on any atom is -0.483 e. The molecule has 0 saturated carbocycles. The summed E-state index contributed by atoms with van der Waals surface area (Å²) in [5.41, 5.74) is 2.31. The Morgan fingerprint density at radius 2 is 2.24 bits per heavy atom. The normalized spacial score (nSPS) is 18.5. The lowest BCUT2D eigenvalue weighted by Gasteiger charge is -2.24. The maximum atomic E-state index is 12.0. The molecule has 0 aliphatic carbocycles. The first-order valence-corrected chi connectivity index (χ1v) is 7.68. The van der Waals surface area contributed by atoms with Gasteiger partial charge in [-0.25, -0.2) is 0 Å². The zero-order valence-corrected chi connectivity index (χ0v) is 12.2. The molecule has 0 aromatic heterocycles. The number of fused-ring (bicyclic) bond motifs is 1. The second-order valence-corrected chi connectivity index (χ2v) is 5.56. The van der Waals surface area contributed by atoms with E-state index in [1.165, 1.54) is 5.56 Å². The van der Waals surface area contributed by atoms with E-state index in [2.05, 4.69) is 16.7 Å². The van der Waals surface area contributed by atoms with Crippen molar-refractivity contribution < 1.29 is 14.3 Å². The van der Waals surface area contributed by atoms with Crippen LogP contribution >= 0.6 is 0 Å². The molecule has 21 heavy (non-hydrogen) atoms. The van der Waals surface area contributed by atoms with Gasteiger partial charge in [0, 0.05) is 37.1 Å². The molecule has 2 aliphatic heterocycles. The van der Waals surface area contributed by atoms with Gasteiger partial charge in [-0.3, -0.25) is 4.79 Å². The molecule has 1 aromatic carbocycles. The highest BCUT2D eigenvalue weighted by atomic mass is 16.5. The van der Waals surface area contributed by atoms with Gasteiger partial charge in [0.05, 0.1) is 0 Å². The second kappa shape index (κ2) is 6.80. The molecule has 3 rings (SSSR count). The van der Waals surface area contributed by atoms with Gasteiger partial charge in [0.2, 0.25) is 0 Å². The molecule has 0 atom stereocenters. The van der Waals surface area contributed by atoms with Crippen molar-refractivity contribution in [3.05, 3.63) is 23.8 Å². The summed E-state index contributed by atoms with van der Waals surface area (Å²) in [6.45, 7) is 2.53. The van der Waals surface area contributed by atoms with E-state index in [4.69, 9.17) is 9.47 Å². The van der Waals surface area contributed by atoms with Crippen molar-refractivity contribution in [3.8, 4) is 5.75 Å². The van der Waals surface area contributed by atoms with Crippen LogP contribution in [0.15, 0.2) is 18.2 Å². The molecule has 1 fully saturated rings. The Morgan fingerprint density at radius 1 is 1.38 bits per heavy atom. The first-order valence-electron chi connectivity index (χ1n) is 7.68. The van der Waals surface area contributed by atoms with Crippen LogP contribution in [-0.4, -0.2) is 38.3 Å². The monoisotopic (exact) mass is 290 g/mol. The van der Waals surface area contributed by atoms with E-state index in [9.17, 15) is 4.79 Å². The molecule has 0 bridgehead atoms. The molecule has 2 N–H and O–H groups in total. The van der Waals surface area contributed by atoms with Gasteiger partial charge in [0.15, 0.2) is 6.61 Å². The summed E-state index contributed by atoms with van der Waals surface area (Å²) in [6, 6.07) is 6.18. The van der Waals surface area contributed by atoms with Crippen LogP contribution in [0, 0.1) is 0 Å². The van der Waals surface area contributed by atoms with Crippen LogP contribution in [0.25, 0.3) is 0 Å². The van der Waals surface area contributed by atoms with Gasteiger partial charge < -0.3 is 20.1 Å². The van der Waals surface area contributed by atoms with E-state index in [0.29, 0.717) is 0 Å². The Balaban J connectivity index is 1.53. The van der Waals surface area contributed by atoms with Gasteiger partial charge in [-0.15, -0.1) is 0 Å². The van der Waals surface area contributed by atoms with Crippen LogP contribution in [0.5, 0.6) is 5.75 Å². The predicted molar refractivity (Wildman–Crippen MR) is 80.7 cm³/mol. The number of carbonyl (C=O) groups excluding carboxylic acids is 1. The number of amides is 1. The molecule has 114 valence electrons. The van der Waals surface area contributed by atoms with E-state index < -0.39 is 0 Å². The Bertz CT molecular complexity index is 498. The summed E-state index contributed by atoms with van der Waals surface area (Å²) in [5, 5.41) is 6.37. The molecule has 5 nitrogen and oxygen atoms in total. The lowest BCUT2D eigenvalue weighted by atomic mass is 10.0. The number of anilines is 1. The smallest absolute Gasteiger partial charge is 0.258 e. The van der Waals surface area contributed by atoms with Gasteiger partial charge in [0.1, 0.15) is 5.75 Å². The predicted octanol–water partition coefficient (Wildman–Crippen LogP) is 1.72. The average Bonchev–Trinajstić information content (AvgIpc) is 2.54. The molecule has 0 spiro atoms. The fraction of sp³-hybridized carbons (Fsp3) is 0.562. The molecule has 0 radical (unpaired) electrons. The number of hydrogen-bond acceptors (Lipinski definition) is 4. The Labute approximate surface area is 125 Å². The van der Waals surface area contributed by atoms with Crippen molar-refractivity contribution in [2.24, 2.45) is 0 Å². The minimum absolute atomic E-state index is 0.0525. The SMILES string of the molecule is O=C(COc1cccc2c1CCCN2)NC1CCOCC1. The number of hydrogen-bond donors (Lipinski definition) is 2. The largest absolute Gasteiger partial charge is 0.483 e. The first kappa shape index (κ1) is 14.2. The quantitative estimate of drug-likeness (QED) is 0.886. The molecule has 1 saturated heterocycles. The summed E-state index contributed by atoms with van der Waals surface area (Å²) in [5.74, 6) is 0.769. The molecule has 1 amide bonds. The molecular weight excluding hydrogens is 268 g/mol. The average molecular weight is 290 g/mol. The van der Waals surface area contributed by atoms with Crippen LogP contribution in [0.3, 0.4) is 0 Å². The fourth-order valence-electron chi connectivity index (χ4n) is 2.87. The molecule has 5 heteroatoms. The van der Waals surface area contributed by atoms with Crippen LogP contribution in [0.2, 0.25) is 0 Å². The number of benzene rings is 1. The molecule has 1 aromatic rings. The number of ether oxygens (including phenoxy) is 2. The third-order valence-electron chi connectivity index (χ3n) is 4.00. The minimum atomic E-state index is -0.0525. The first-order chi connectivity index (χ1) is 10.3. The standard InChI is InChI=1S/C16H22N2O3/c19-16(18-12-6-9-20-10-7-12)11-21-15-5-1-4-14-13(15)3-2-8-17-14/h1,4-5,12,17H,2-3,6-11H2,(H,18,19). The number of nitrogens with one attached hydrogen (secondary N) is 2. The molecule has 0 unspecified atom stereocenters. The summed E-state index contributed by atoms with van der Waals surface area (Å²) >= 11 is 0. The third-order valence-corrected chi connectivity index (χ3v) is 4.00. The number of rotatable bonds is 4. The molecule has 2 heterocycles. The lowest BCUT2D eigenvalue weighted by molar-refractivity contribution is -0.124. The van der Waals surface area contributed by atoms with Crippen LogP contribution in [0.4, 0.5) is 5.69 Å². The Hall–Kier alpha value is -1.75. The van der Waals surface area contributed by atoms with E-state index in [-0.39, 0.29) is 18.6 Å². The topological polar surface area (TPSA) is 59.6 Å². The van der Waals surface area contributed by atoms with E-state index in [1.54, 1.807) is 0 Å². The van der Waals surface area contributed by atoms with Gasteiger partial charge in [0.25, 0.3) is 5.91 Å². The van der Waals surface area contributed by atoms with Crippen LogP contribution in [-0.2, 0) is 16.0 Å².